The Bertz CT molecular complexity index is 972. The lowest BCUT2D eigenvalue weighted by Gasteiger charge is -2.10. The second-order valence-electron chi connectivity index (χ2n) is 5.72. The first-order valence-electron chi connectivity index (χ1n) is 7.76. The molecule has 0 saturated carbocycles. The van der Waals surface area contributed by atoms with E-state index in [2.05, 4.69) is 59.2 Å². The van der Waals surface area contributed by atoms with Crippen molar-refractivity contribution >= 4 is 21.8 Å². The number of hydrogen-bond donors (Lipinski definition) is 0. The molecule has 0 spiro atoms. The van der Waals surface area contributed by atoms with E-state index in [1.165, 1.54) is 16.3 Å². The second-order valence-corrected chi connectivity index (χ2v) is 5.72. The van der Waals surface area contributed by atoms with Crippen molar-refractivity contribution < 1.29 is 4.74 Å². The summed E-state index contributed by atoms with van der Waals surface area (Å²) in [6.07, 6.45) is 0. The first kappa shape index (κ1) is 14.0. The number of fused-ring (bicyclic) bond motifs is 2. The lowest BCUT2D eigenvalue weighted by molar-refractivity contribution is 0.175. The van der Waals surface area contributed by atoms with E-state index in [0.717, 1.165) is 23.4 Å². The Labute approximate surface area is 135 Å². The molecule has 1 aromatic heterocycles. The van der Waals surface area contributed by atoms with Crippen LogP contribution in [0, 0.1) is 0 Å². The lowest BCUT2D eigenvalue weighted by Crippen LogP contribution is -2.06. The third-order valence-corrected chi connectivity index (χ3v) is 4.16. The van der Waals surface area contributed by atoms with Crippen LogP contribution in [0.15, 0.2) is 66.7 Å². The summed E-state index contributed by atoms with van der Waals surface area (Å²) in [7, 11) is 1.71. The third-order valence-electron chi connectivity index (χ3n) is 4.16. The highest BCUT2D eigenvalue weighted by atomic mass is 16.5. The first-order chi connectivity index (χ1) is 11.3. The summed E-state index contributed by atoms with van der Waals surface area (Å²) in [5, 5.41) is 2.53. The Hall–Kier alpha value is -2.65. The van der Waals surface area contributed by atoms with Gasteiger partial charge in [0, 0.05) is 13.7 Å². The van der Waals surface area contributed by atoms with Crippen LogP contribution in [0.1, 0.15) is 11.4 Å². The molecule has 0 saturated heterocycles. The minimum atomic E-state index is 0.516. The number of aromatic nitrogens is 2. The van der Waals surface area contributed by atoms with E-state index in [1.807, 2.05) is 12.1 Å². The molecule has 0 fully saturated rings. The van der Waals surface area contributed by atoms with Crippen LogP contribution in [0.5, 0.6) is 0 Å². The van der Waals surface area contributed by atoms with Gasteiger partial charge in [-0.05, 0) is 34.5 Å². The highest BCUT2D eigenvalue weighted by Crippen LogP contribution is 2.21. The molecule has 0 N–H and O–H groups in total. The maximum atomic E-state index is 5.32. The Kier molecular flexibility index (Phi) is 3.56. The molecule has 0 unspecified atom stereocenters. The van der Waals surface area contributed by atoms with E-state index in [0.29, 0.717) is 6.61 Å². The van der Waals surface area contributed by atoms with Crippen molar-refractivity contribution in [3.63, 3.8) is 0 Å². The fourth-order valence-corrected chi connectivity index (χ4v) is 3.06. The van der Waals surface area contributed by atoms with Crippen LogP contribution in [0.2, 0.25) is 0 Å². The van der Waals surface area contributed by atoms with Crippen LogP contribution in [-0.2, 0) is 17.9 Å². The predicted molar refractivity (Wildman–Crippen MR) is 93.5 cm³/mol. The summed E-state index contributed by atoms with van der Waals surface area (Å²) in [5.74, 6) is 0.960. The molecule has 114 valence electrons. The molecule has 3 aromatic carbocycles. The molecule has 3 heteroatoms. The standard InChI is InChI=1S/C20H18N2O/c1-23-14-20-21-18-8-4-5-9-19(18)22(20)13-15-10-11-16-6-2-3-7-17(16)12-15/h2-12H,13-14H2,1H3. The zero-order chi connectivity index (χ0) is 15.6. The molecular formula is C20H18N2O. The summed E-state index contributed by atoms with van der Waals surface area (Å²) in [5.41, 5.74) is 3.43. The summed E-state index contributed by atoms with van der Waals surface area (Å²) < 4.78 is 7.56. The molecule has 0 aliphatic carbocycles. The van der Waals surface area contributed by atoms with Crippen molar-refractivity contribution in [1.82, 2.24) is 9.55 Å². The number of ether oxygens (including phenoxy) is 1. The minimum Gasteiger partial charge on any atom is -0.377 e. The SMILES string of the molecule is COCc1nc2ccccc2n1Cc1ccc2ccccc2c1. The average Bonchev–Trinajstić information content (AvgIpc) is 2.93. The number of methoxy groups -OCH3 is 1. The second kappa shape index (κ2) is 5.86. The highest BCUT2D eigenvalue weighted by molar-refractivity contribution is 5.83. The zero-order valence-electron chi connectivity index (χ0n) is 13.1. The van der Waals surface area contributed by atoms with Crippen molar-refractivity contribution in [3.8, 4) is 0 Å². The van der Waals surface area contributed by atoms with Crippen molar-refractivity contribution in [2.45, 2.75) is 13.2 Å². The van der Waals surface area contributed by atoms with Crippen molar-refractivity contribution in [2.75, 3.05) is 7.11 Å². The molecule has 0 radical (unpaired) electrons. The van der Waals surface area contributed by atoms with Gasteiger partial charge in [0.2, 0.25) is 0 Å². The van der Waals surface area contributed by atoms with E-state index in [1.54, 1.807) is 7.11 Å². The van der Waals surface area contributed by atoms with E-state index in [4.69, 9.17) is 9.72 Å². The average molecular weight is 302 g/mol. The van der Waals surface area contributed by atoms with E-state index in [9.17, 15) is 0 Å². The Balaban J connectivity index is 1.79. The molecule has 0 bridgehead atoms. The van der Waals surface area contributed by atoms with Crippen molar-refractivity contribution in [1.29, 1.82) is 0 Å². The van der Waals surface area contributed by atoms with Crippen LogP contribution in [0.4, 0.5) is 0 Å². The molecule has 4 rings (SSSR count). The summed E-state index contributed by atoms with van der Waals surface area (Å²) in [6, 6.07) is 23.3. The van der Waals surface area contributed by atoms with Crippen LogP contribution in [-0.4, -0.2) is 16.7 Å². The molecule has 1 heterocycles. The fourth-order valence-electron chi connectivity index (χ4n) is 3.06. The van der Waals surface area contributed by atoms with E-state index >= 15 is 0 Å². The van der Waals surface area contributed by atoms with Gasteiger partial charge in [0.15, 0.2) is 0 Å². The van der Waals surface area contributed by atoms with Gasteiger partial charge in [0.05, 0.1) is 11.0 Å². The predicted octanol–water partition coefficient (Wildman–Crippen LogP) is 4.38. The van der Waals surface area contributed by atoms with Gasteiger partial charge in [-0.25, -0.2) is 4.98 Å². The number of para-hydroxylation sites is 2. The molecule has 3 nitrogen and oxygen atoms in total. The molecule has 4 aromatic rings. The zero-order valence-corrected chi connectivity index (χ0v) is 13.1. The van der Waals surface area contributed by atoms with Crippen molar-refractivity contribution in [2.24, 2.45) is 0 Å². The quantitative estimate of drug-likeness (QED) is 0.559. The maximum absolute atomic E-state index is 5.32. The number of rotatable bonds is 4. The van der Waals surface area contributed by atoms with Gasteiger partial charge in [0.25, 0.3) is 0 Å². The number of nitrogens with zero attached hydrogens (tertiary/aromatic N) is 2. The lowest BCUT2D eigenvalue weighted by atomic mass is 10.1. The third kappa shape index (κ3) is 2.60. The Morgan fingerprint density at radius 2 is 1.70 bits per heavy atom. The smallest absolute Gasteiger partial charge is 0.136 e. The van der Waals surface area contributed by atoms with Gasteiger partial charge < -0.3 is 9.30 Å². The Morgan fingerprint density at radius 1 is 0.913 bits per heavy atom. The summed E-state index contributed by atoms with van der Waals surface area (Å²) >= 11 is 0. The monoisotopic (exact) mass is 302 g/mol. The van der Waals surface area contributed by atoms with Crippen LogP contribution < -0.4 is 0 Å². The molecule has 0 atom stereocenters. The van der Waals surface area contributed by atoms with Gasteiger partial charge in [-0.3, -0.25) is 0 Å². The largest absolute Gasteiger partial charge is 0.377 e. The van der Waals surface area contributed by atoms with Gasteiger partial charge in [0.1, 0.15) is 12.4 Å². The fraction of sp³-hybridized carbons (Fsp3) is 0.150. The van der Waals surface area contributed by atoms with E-state index < -0.39 is 0 Å². The van der Waals surface area contributed by atoms with Gasteiger partial charge >= 0.3 is 0 Å². The van der Waals surface area contributed by atoms with Crippen molar-refractivity contribution in [3.05, 3.63) is 78.1 Å². The van der Waals surface area contributed by atoms with Crippen LogP contribution >= 0.6 is 0 Å². The highest BCUT2D eigenvalue weighted by Gasteiger charge is 2.10. The normalized spacial score (nSPS) is 11.3. The van der Waals surface area contributed by atoms with Gasteiger partial charge in [-0.2, -0.15) is 0 Å². The first-order valence-corrected chi connectivity index (χ1v) is 7.76. The molecule has 0 aliphatic rings. The molecular weight excluding hydrogens is 284 g/mol. The molecule has 23 heavy (non-hydrogen) atoms. The number of benzene rings is 3. The maximum Gasteiger partial charge on any atom is 0.136 e. The molecule has 0 amide bonds. The van der Waals surface area contributed by atoms with Crippen LogP contribution in [0.3, 0.4) is 0 Å². The summed E-state index contributed by atoms with van der Waals surface area (Å²) in [6.45, 7) is 1.31. The minimum absolute atomic E-state index is 0.516. The van der Waals surface area contributed by atoms with Crippen LogP contribution in [0.25, 0.3) is 21.8 Å². The van der Waals surface area contributed by atoms with Gasteiger partial charge in [-0.15, -0.1) is 0 Å². The number of imidazole rings is 1. The Morgan fingerprint density at radius 3 is 2.57 bits per heavy atom. The van der Waals surface area contributed by atoms with Gasteiger partial charge in [-0.1, -0.05) is 48.5 Å². The summed E-state index contributed by atoms with van der Waals surface area (Å²) in [4.78, 5) is 4.70. The van der Waals surface area contributed by atoms with E-state index in [-0.39, 0.29) is 0 Å². The number of hydrogen-bond acceptors (Lipinski definition) is 2. The topological polar surface area (TPSA) is 27.1 Å². The molecule has 0 aliphatic heterocycles.